The second-order valence-electron chi connectivity index (χ2n) is 4.85. The molecule has 0 spiro atoms. The minimum atomic E-state index is 0.418. The highest BCUT2D eigenvalue weighted by molar-refractivity contribution is 5.47. The van der Waals surface area contributed by atoms with Crippen molar-refractivity contribution in [2.24, 2.45) is 11.7 Å². The van der Waals surface area contributed by atoms with Crippen LogP contribution in [0.15, 0.2) is 24.3 Å². The quantitative estimate of drug-likeness (QED) is 0.837. The zero-order chi connectivity index (χ0) is 12.1. The van der Waals surface area contributed by atoms with Gasteiger partial charge in [-0.3, -0.25) is 0 Å². The molecule has 17 heavy (non-hydrogen) atoms. The van der Waals surface area contributed by atoms with E-state index in [0.29, 0.717) is 11.6 Å². The SMILES string of the molecule is N#Cc1ccc(NCC2CCC(N)CC2)cc1. The van der Waals surface area contributed by atoms with Gasteiger partial charge in [-0.1, -0.05) is 0 Å². The van der Waals surface area contributed by atoms with Crippen LogP contribution in [0.1, 0.15) is 31.2 Å². The Labute approximate surface area is 103 Å². The lowest BCUT2D eigenvalue weighted by Gasteiger charge is -2.26. The van der Waals surface area contributed by atoms with Gasteiger partial charge in [-0.25, -0.2) is 0 Å². The Hall–Kier alpha value is -1.53. The van der Waals surface area contributed by atoms with Crippen molar-refractivity contribution in [2.45, 2.75) is 31.7 Å². The number of rotatable bonds is 3. The number of anilines is 1. The van der Waals surface area contributed by atoms with Gasteiger partial charge in [-0.15, -0.1) is 0 Å². The van der Waals surface area contributed by atoms with Gasteiger partial charge >= 0.3 is 0 Å². The van der Waals surface area contributed by atoms with Gasteiger partial charge in [0.05, 0.1) is 11.6 Å². The van der Waals surface area contributed by atoms with Crippen LogP contribution in [0.4, 0.5) is 5.69 Å². The first kappa shape index (κ1) is 11.9. The molecule has 1 fully saturated rings. The minimum absolute atomic E-state index is 0.418. The lowest BCUT2D eigenvalue weighted by atomic mass is 9.86. The second kappa shape index (κ2) is 5.70. The van der Waals surface area contributed by atoms with E-state index in [-0.39, 0.29) is 0 Å². The van der Waals surface area contributed by atoms with Crippen molar-refractivity contribution in [3.05, 3.63) is 29.8 Å². The summed E-state index contributed by atoms with van der Waals surface area (Å²) in [5.74, 6) is 0.741. The third-order valence-corrected chi connectivity index (χ3v) is 3.50. The molecule has 0 atom stereocenters. The van der Waals surface area contributed by atoms with Crippen LogP contribution in [-0.2, 0) is 0 Å². The molecule has 3 nitrogen and oxygen atoms in total. The number of hydrogen-bond donors (Lipinski definition) is 2. The Kier molecular flexibility index (Phi) is 4.00. The van der Waals surface area contributed by atoms with Crippen molar-refractivity contribution >= 4 is 5.69 Å². The molecule has 3 N–H and O–H groups in total. The molecule has 0 saturated heterocycles. The van der Waals surface area contributed by atoms with E-state index in [4.69, 9.17) is 11.0 Å². The van der Waals surface area contributed by atoms with Crippen molar-refractivity contribution in [1.82, 2.24) is 0 Å². The predicted molar refractivity (Wildman–Crippen MR) is 69.6 cm³/mol. The van der Waals surface area contributed by atoms with Gasteiger partial charge in [0, 0.05) is 18.3 Å². The molecule has 0 aliphatic heterocycles. The molecule has 90 valence electrons. The second-order valence-corrected chi connectivity index (χ2v) is 4.85. The Balaban J connectivity index is 1.79. The Morgan fingerprint density at radius 1 is 1.18 bits per heavy atom. The van der Waals surface area contributed by atoms with Crippen LogP contribution in [0.2, 0.25) is 0 Å². The van der Waals surface area contributed by atoms with Crippen LogP contribution in [0.3, 0.4) is 0 Å². The van der Waals surface area contributed by atoms with Gasteiger partial charge in [-0.2, -0.15) is 5.26 Å². The Bertz CT molecular complexity index is 383. The molecule has 0 heterocycles. The monoisotopic (exact) mass is 229 g/mol. The maximum absolute atomic E-state index is 8.70. The molecule has 1 aromatic rings. The Morgan fingerprint density at radius 3 is 2.41 bits per heavy atom. The fraction of sp³-hybridized carbons (Fsp3) is 0.500. The molecule has 2 rings (SSSR count). The normalized spacial score (nSPS) is 24.0. The van der Waals surface area contributed by atoms with Gasteiger partial charge in [-0.05, 0) is 55.9 Å². The largest absolute Gasteiger partial charge is 0.385 e. The van der Waals surface area contributed by atoms with E-state index >= 15 is 0 Å². The fourth-order valence-electron chi connectivity index (χ4n) is 2.32. The third-order valence-electron chi connectivity index (χ3n) is 3.50. The van der Waals surface area contributed by atoms with Gasteiger partial charge in [0.25, 0.3) is 0 Å². The average Bonchev–Trinajstić information content (AvgIpc) is 2.39. The molecule has 0 aromatic heterocycles. The maximum Gasteiger partial charge on any atom is 0.0991 e. The van der Waals surface area contributed by atoms with Crippen LogP contribution in [0.5, 0.6) is 0 Å². The fourth-order valence-corrected chi connectivity index (χ4v) is 2.32. The smallest absolute Gasteiger partial charge is 0.0991 e. The molecule has 1 saturated carbocycles. The summed E-state index contributed by atoms with van der Waals surface area (Å²) in [4.78, 5) is 0. The zero-order valence-electron chi connectivity index (χ0n) is 10.0. The minimum Gasteiger partial charge on any atom is -0.385 e. The number of nitrogens with two attached hydrogens (primary N) is 1. The molecular formula is C14H19N3. The molecular weight excluding hydrogens is 210 g/mol. The summed E-state index contributed by atoms with van der Waals surface area (Å²) in [5.41, 5.74) is 7.69. The van der Waals surface area contributed by atoms with Gasteiger partial charge in [0.1, 0.15) is 0 Å². The van der Waals surface area contributed by atoms with Crippen molar-refractivity contribution in [2.75, 3.05) is 11.9 Å². The molecule has 0 unspecified atom stereocenters. The van der Waals surface area contributed by atoms with Crippen molar-refractivity contribution in [3.63, 3.8) is 0 Å². The molecule has 3 heteroatoms. The first-order chi connectivity index (χ1) is 8.28. The van der Waals surface area contributed by atoms with Crippen molar-refractivity contribution in [1.29, 1.82) is 5.26 Å². The lowest BCUT2D eigenvalue weighted by molar-refractivity contribution is 0.339. The summed E-state index contributed by atoms with van der Waals surface area (Å²) in [6.07, 6.45) is 4.76. The van der Waals surface area contributed by atoms with Crippen LogP contribution in [0, 0.1) is 17.2 Å². The number of hydrogen-bond acceptors (Lipinski definition) is 3. The van der Waals surface area contributed by atoms with Crippen LogP contribution < -0.4 is 11.1 Å². The highest BCUT2D eigenvalue weighted by Gasteiger charge is 2.17. The van der Waals surface area contributed by atoms with E-state index in [1.807, 2.05) is 24.3 Å². The van der Waals surface area contributed by atoms with Gasteiger partial charge in [0.2, 0.25) is 0 Å². The highest BCUT2D eigenvalue weighted by Crippen LogP contribution is 2.23. The number of nitrogens with zero attached hydrogens (tertiary/aromatic N) is 1. The van der Waals surface area contributed by atoms with E-state index < -0.39 is 0 Å². The van der Waals surface area contributed by atoms with Gasteiger partial charge in [0.15, 0.2) is 0 Å². The summed E-state index contributed by atoms with van der Waals surface area (Å²) in [7, 11) is 0. The standard InChI is InChI=1S/C14H19N3/c15-9-11-3-7-14(8-4-11)17-10-12-1-5-13(16)6-2-12/h3-4,7-8,12-13,17H,1-2,5-6,10,16H2. The molecule has 0 radical (unpaired) electrons. The molecule has 1 aromatic carbocycles. The number of benzene rings is 1. The summed E-state index contributed by atoms with van der Waals surface area (Å²) >= 11 is 0. The molecule has 1 aliphatic rings. The van der Waals surface area contributed by atoms with Crippen LogP contribution in [-0.4, -0.2) is 12.6 Å². The van der Waals surface area contributed by atoms with E-state index in [1.54, 1.807) is 0 Å². The first-order valence-electron chi connectivity index (χ1n) is 6.27. The van der Waals surface area contributed by atoms with E-state index in [2.05, 4.69) is 11.4 Å². The lowest BCUT2D eigenvalue weighted by Crippen LogP contribution is -2.29. The van der Waals surface area contributed by atoms with Crippen LogP contribution in [0.25, 0.3) is 0 Å². The number of nitrogens with one attached hydrogen (secondary N) is 1. The zero-order valence-corrected chi connectivity index (χ0v) is 10.0. The summed E-state index contributed by atoms with van der Waals surface area (Å²) in [5, 5.41) is 12.1. The summed E-state index contributed by atoms with van der Waals surface area (Å²) in [6.45, 7) is 1.01. The molecule has 0 amide bonds. The van der Waals surface area contributed by atoms with E-state index in [0.717, 1.165) is 31.0 Å². The highest BCUT2D eigenvalue weighted by atomic mass is 14.9. The van der Waals surface area contributed by atoms with E-state index in [1.165, 1.54) is 12.8 Å². The number of nitriles is 1. The third kappa shape index (κ3) is 3.47. The maximum atomic E-state index is 8.70. The molecule has 0 bridgehead atoms. The van der Waals surface area contributed by atoms with Crippen molar-refractivity contribution < 1.29 is 0 Å². The summed E-state index contributed by atoms with van der Waals surface area (Å²) < 4.78 is 0. The molecule has 1 aliphatic carbocycles. The summed E-state index contributed by atoms with van der Waals surface area (Å²) in [6, 6.07) is 10.2. The van der Waals surface area contributed by atoms with Crippen LogP contribution >= 0.6 is 0 Å². The average molecular weight is 229 g/mol. The topological polar surface area (TPSA) is 61.8 Å². The van der Waals surface area contributed by atoms with Crippen molar-refractivity contribution in [3.8, 4) is 6.07 Å². The van der Waals surface area contributed by atoms with E-state index in [9.17, 15) is 0 Å². The van der Waals surface area contributed by atoms with Gasteiger partial charge < -0.3 is 11.1 Å². The predicted octanol–water partition coefficient (Wildman–Crippen LogP) is 2.49. The first-order valence-corrected chi connectivity index (χ1v) is 6.27. The Morgan fingerprint density at radius 2 is 1.82 bits per heavy atom.